The quantitative estimate of drug-likeness (QED) is 0.381. The minimum atomic E-state index is -3.81. The predicted molar refractivity (Wildman–Crippen MR) is 119 cm³/mol. The highest BCUT2D eigenvalue weighted by Gasteiger charge is 2.26. The number of carbonyl (C=O) groups excluding carboxylic acids is 1. The molecule has 158 valence electrons. The van der Waals surface area contributed by atoms with Gasteiger partial charge in [-0.1, -0.05) is 73.1 Å². The van der Waals surface area contributed by atoms with E-state index in [0.29, 0.717) is 17.4 Å². The van der Waals surface area contributed by atoms with Crippen LogP contribution in [0.25, 0.3) is 11.4 Å². The van der Waals surface area contributed by atoms with Crippen LogP contribution in [0.4, 0.5) is 0 Å². The Morgan fingerprint density at radius 1 is 1.10 bits per heavy atom. The number of aromatic nitrogens is 2. The molecule has 0 spiro atoms. The molecule has 8 heteroatoms. The molecule has 2 N–H and O–H groups in total. The molecule has 3 aromatic rings. The zero-order valence-corrected chi connectivity index (χ0v) is 18.6. The highest BCUT2D eigenvalue weighted by molar-refractivity contribution is 8.00. The fourth-order valence-corrected chi connectivity index (χ4v) is 5.23. The zero-order valence-electron chi connectivity index (χ0n) is 17.0. The first-order valence-electron chi connectivity index (χ1n) is 9.78. The van der Waals surface area contributed by atoms with Gasteiger partial charge in [-0.15, -0.1) is 0 Å². The van der Waals surface area contributed by atoms with E-state index in [0.717, 1.165) is 35.7 Å². The van der Waals surface area contributed by atoms with Gasteiger partial charge in [0.05, 0.1) is 10.6 Å². The van der Waals surface area contributed by atoms with Crippen LogP contribution in [0.3, 0.4) is 0 Å². The number of unbranched alkanes of at least 4 members (excludes halogenated alkanes) is 1. The van der Waals surface area contributed by atoms with Crippen molar-refractivity contribution in [3.8, 4) is 11.4 Å². The number of thioether (sulfide) groups is 1. The largest absolute Gasteiger partial charge is 0.355 e. The molecular weight excluding hydrogens is 418 g/mol. The van der Waals surface area contributed by atoms with Crippen LogP contribution >= 0.6 is 11.8 Å². The summed E-state index contributed by atoms with van der Waals surface area (Å²) in [7, 11) is -3.81. The third-order valence-electron chi connectivity index (χ3n) is 4.48. The van der Waals surface area contributed by atoms with E-state index < -0.39 is 9.84 Å². The third-order valence-corrected chi connectivity index (χ3v) is 7.31. The molecule has 0 radical (unpaired) electrons. The molecule has 1 aromatic heterocycles. The predicted octanol–water partition coefficient (Wildman–Crippen LogP) is 4.23. The van der Waals surface area contributed by atoms with Crippen LogP contribution < -0.4 is 5.32 Å². The maximum absolute atomic E-state index is 13.3. The molecule has 0 saturated carbocycles. The van der Waals surface area contributed by atoms with Gasteiger partial charge >= 0.3 is 0 Å². The van der Waals surface area contributed by atoms with Crippen LogP contribution in [-0.2, 0) is 14.6 Å². The fraction of sp³-hybridized carbons (Fsp3) is 0.273. The smallest absolute Gasteiger partial charge is 0.230 e. The average Bonchev–Trinajstić information content (AvgIpc) is 3.19. The van der Waals surface area contributed by atoms with Gasteiger partial charge in [0.2, 0.25) is 15.7 Å². The van der Waals surface area contributed by atoms with Gasteiger partial charge in [0.25, 0.3) is 0 Å². The van der Waals surface area contributed by atoms with Crippen LogP contribution in [0, 0.1) is 6.92 Å². The maximum Gasteiger partial charge on any atom is 0.230 e. The van der Waals surface area contributed by atoms with Crippen LogP contribution in [0.2, 0.25) is 0 Å². The minimum Gasteiger partial charge on any atom is -0.355 e. The van der Waals surface area contributed by atoms with Gasteiger partial charge in [-0.05, 0) is 25.5 Å². The number of nitrogens with zero attached hydrogens (tertiary/aromatic N) is 1. The normalized spacial score (nSPS) is 11.4. The van der Waals surface area contributed by atoms with Gasteiger partial charge in [-0.3, -0.25) is 4.79 Å². The summed E-state index contributed by atoms with van der Waals surface area (Å²) in [5.41, 5.74) is 1.75. The number of hydrogen-bond donors (Lipinski definition) is 2. The number of rotatable bonds is 9. The molecule has 1 amide bonds. The lowest BCUT2D eigenvalue weighted by Gasteiger charge is -2.06. The summed E-state index contributed by atoms with van der Waals surface area (Å²) < 4.78 is 26.6. The Balaban J connectivity index is 1.93. The van der Waals surface area contributed by atoms with Crippen LogP contribution in [0.5, 0.6) is 0 Å². The number of nitrogens with one attached hydrogen (secondary N) is 2. The number of H-pyrrole nitrogens is 1. The second-order valence-corrected chi connectivity index (χ2v) is 9.74. The second kappa shape index (κ2) is 9.95. The van der Waals surface area contributed by atoms with Crippen molar-refractivity contribution in [2.45, 2.75) is 41.6 Å². The SMILES string of the molecule is CCCCNC(=O)CSc1nc(-c2ccccc2)[nH]c1S(=O)(=O)c1ccc(C)cc1. The van der Waals surface area contributed by atoms with Crippen molar-refractivity contribution in [1.29, 1.82) is 0 Å². The van der Waals surface area contributed by atoms with Crippen LogP contribution in [0.15, 0.2) is 69.5 Å². The van der Waals surface area contributed by atoms with Gasteiger partial charge < -0.3 is 10.3 Å². The molecule has 0 bridgehead atoms. The summed E-state index contributed by atoms with van der Waals surface area (Å²) in [4.78, 5) is 19.8. The Kier molecular flexibility index (Phi) is 7.33. The Morgan fingerprint density at radius 3 is 2.47 bits per heavy atom. The Morgan fingerprint density at radius 2 is 1.80 bits per heavy atom. The molecule has 30 heavy (non-hydrogen) atoms. The fourth-order valence-electron chi connectivity index (χ4n) is 2.78. The van der Waals surface area contributed by atoms with Gasteiger partial charge in [0.15, 0.2) is 5.03 Å². The molecule has 0 unspecified atom stereocenters. The van der Waals surface area contributed by atoms with Crippen molar-refractivity contribution < 1.29 is 13.2 Å². The molecule has 2 aromatic carbocycles. The maximum atomic E-state index is 13.3. The molecular formula is C22H25N3O3S2. The lowest BCUT2D eigenvalue weighted by Crippen LogP contribution is -2.26. The van der Waals surface area contributed by atoms with E-state index in [9.17, 15) is 13.2 Å². The van der Waals surface area contributed by atoms with E-state index in [1.807, 2.05) is 37.3 Å². The first-order valence-corrected chi connectivity index (χ1v) is 12.3. The molecule has 0 atom stereocenters. The van der Waals surface area contributed by atoms with Crippen molar-refractivity contribution in [3.63, 3.8) is 0 Å². The number of benzene rings is 2. The Bertz CT molecular complexity index is 1090. The number of carbonyl (C=O) groups is 1. The van der Waals surface area contributed by atoms with Gasteiger partial charge in [-0.2, -0.15) is 0 Å². The number of aromatic amines is 1. The molecule has 0 saturated heterocycles. The summed E-state index contributed by atoms with van der Waals surface area (Å²) >= 11 is 1.12. The van der Waals surface area contributed by atoms with Crippen LogP contribution in [0.1, 0.15) is 25.3 Å². The van der Waals surface area contributed by atoms with E-state index in [1.54, 1.807) is 24.3 Å². The molecule has 0 aliphatic heterocycles. The lowest BCUT2D eigenvalue weighted by atomic mass is 10.2. The summed E-state index contributed by atoms with van der Waals surface area (Å²) in [5, 5.41) is 3.14. The lowest BCUT2D eigenvalue weighted by molar-refractivity contribution is -0.118. The summed E-state index contributed by atoms with van der Waals surface area (Å²) in [6.45, 7) is 4.57. The number of amides is 1. The van der Waals surface area contributed by atoms with Gasteiger partial charge in [-0.25, -0.2) is 13.4 Å². The molecule has 0 fully saturated rings. The number of hydrogen-bond acceptors (Lipinski definition) is 5. The highest BCUT2D eigenvalue weighted by Crippen LogP contribution is 2.32. The van der Waals surface area contributed by atoms with Crippen molar-refractivity contribution in [1.82, 2.24) is 15.3 Å². The van der Waals surface area contributed by atoms with E-state index in [-0.39, 0.29) is 21.6 Å². The summed E-state index contributed by atoms with van der Waals surface area (Å²) in [5.74, 6) is 0.408. The third kappa shape index (κ3) is 5.31. The molecule has 1 heterocycles. The van der Waals surface area contributed by atoms with Crippen molar-refractivity contribution in [2.75, 3.05) is 12.3 Å². The molecule has 0 aliphatic rings. The zero-order chi connectivity index (χ0) is 21.6. The van der Waals surface area contributed by atoms with E-state index in [1.165, 1.54) is 0 Å². The van der Waals surface area contributed by atoms with Gasteiger partial charge in [0, 0.05) is 12.1 Å². The minimum absolute atomic E-state index is 0.0107. The average molecular weight is 444 g/mol. The Hall–Kier alpha value is -2.58. The van der Waals surface area contributed by atoms with E-state index in [2.05, 4.69) is 22.2 Å². The van der Waals surface area contributed by atoms with E-state index >= 15 is 0 Å². The molecule has 3 rings (SSSR count). The topological polar surface area (TPSA) is 91.9 Å². The number of imidazole rings is 1. The highest BCUT2D eigenvalue weighted by atomic mass is 32.2. The van der Waals surface area contributed by atoms with Gasteiger partial charge in [0.1, 0.15) is 10.9 Å². The first-order chi connectivity index (χ1) is 14.4. The standard InChI is InChI=1S/C22H25N3O3S2/c1-3-4-14-23-19(26)15-29-21-22(25-20(24-21)17-8-6-5-7-9-17)30(27,28)18-12-10-16(2)11-13-18/h5-13H,3-4,14-15H2,1-2H3,(H,23,26)(H,24,25). The number of aryl methyl sites for hydroxylation is 1. The van der Waals surface area contributed by atoms with Crippen LogP contribution in [-0.4, -0.2) is 36.6 Å². The Labute approximate surface area is 181 Å². The molecule has 6 nitrogen and oxygen atoms in total. The van der Waals surface area contributed by atoms with Crippen molar-refractivity contribution >= 4 is 27.5 Å². The van der Waals surface area contributed by atoms with Crippen molar-refractivity contribution in [3.05, 3.63) is 60.2 Å². The summed E-state index contributed by atoms with van der Waals surface area (Å²) in [6, 6.07) is 16.0. The first kappa shape index (κ1) is 22.1. The monoisotopic (exact) mass is 443 g/mol. The van der Waals surface area contributed by atoms with E-state index in [4.69, 9.17) is 0 Å². The number of sulfone groups is 1. The second-order valence-electron chi connectivity index (χ2n) is 6.89. The molecule has 0 aliphatic carbocycles. The van der Waals surface area contributed by atoms with Crippen molar-refractivity contribution in [2.24, 2.45) is 0 Å². The summed E-state index contributed by atoms with van der Waals surface area (Å²) in [6.07, 6.45) is 1.90.